The predicted octanol–water partition coefficient (Wildman–Crippen LogP) is 2.83. The lowest BCUT2D eigenvalue weighted by molar-refractivity contribution is 0.624. The molecular formula is C16H16FN3S. The Morgan fingerprint density at radius 2 is 2.19 bits per heavy atom. The minimum Gasteiger partial charge on any atom is -0.374 e. The second kappa shape index (κ2) is 7.55. The fourth-order valence-electron chi connectivity index (χ4n) is 1.79. The third-order valence-corrected chi connectivity index (χ3v) is 3.56. The molecule has 1 aromatic rings. The van der Waals surface area contributed by atoms with E-state index in [2.05, 4.69) is 22.5 Å². The number of halogens is 1. The van der Waals surface area contributed by atoms with Gasteiger partial charge in [0.15, 0.2) is 0 Å². The summed E-state index contributed by atoms with van der Waals surface area (Å²) < 4.78 is 13.4. The summed E-state index contributed by atoms with van der Waals surface area (Å²) in [6.45, 7) is 0.632. The van der Waals surface area contributed by atoms with Crippen LogP contribution in [-0.4, -0.2) is 18.6 Å². The Hall–Kier alpha value is -2.19. The van der Waals surface area contributed by atoms with Crippen molar-refractivity contribution in [2.24, 2.45) is 0 Å². The van der Waals surface area contributed by atoms with Gasteiger partial charge in [0.2, 0.25) is 0 Å². The first-order chi connectivity index (χ1) is 10.2. The van der Waals surface area contributed by atoms with E-state index in [-0.39, 0.29) is 5.82 Å². The first-order valence-corrected chi connectivity index (χ1v) is 7.41. The second-order valence-corrected chi connectivity index (χ2v) is 5.16. The first-order valence-electron chi connectivity index (χ1n) is 6.54. The van der Waals surface area contributed by atoms with Gasteiger partial charge in [-0.05, 0) is 23.6 Å². The largest absolute Gasteiger partial charge is 0.374 e. The van der Waals surface area contributed by atoms with E-state index in [1.165, 1.54) is 17.8 Å². The van der Waals surface area contributed by atoms with Gasteiger partial charge >= 0.3 is 0 Å². The molecule has 0 aliphatic carbocycles. The third kappa shape index (κ3) is 4.14. The third-order valence-electron chi connectivity index (χ3n) is 2.83. The van der Waals surface area contributed by atoms with Gasteiger partial charge in [-0.3, -0.25) is 5.41 Å². The summed E-state index contributed by atoms with van der Waals surface area (Å²) >= 11 is 1.39. The molecule has 0 atom stereocenters. The predicted molar refractivity (Wildman–Crippen MR) is 86.4 cm³/mol. The van der Waals surface area contributed by atoms with Crippen LogP contribution in [0.2, 0.25) is 0 Å². The molecule has 0 bridgehead atoms. The molecule has 2 rings (SSSR count). The molecule has 1 aromatic carbocycles. The van der Waals surface area contributed by atoms with Crippen molar-refractivity contribution in [1.29, 1.82) is 5.41 Å². The monoisotopic (exact) mass is 301 g/mol. The fraction of sp³-hybridized carbons (Fsp3) is 0.188. The van der Waals surface area contributed by atoms with Crippen molar-refractivity contribution in [2.45, 2.75) is 6.42 Å². The molecule has 0 saturated heterocycles. The van der Waals surface area contributed by atoms with Gasteiger partial charge < -0.3 is 10.6 Å². The smallest absolute Gasteiger partial charge is 0.138 e. The molecule has 0 radical (unpaired) electrons. The standard InChI is InChI=1S/C16H16FN3S/c1-19-16(13-9-11-21-15(13)18)20-10-5-4-7-12-6-2-3-8-14(12)17/h2-3,6,8-9,11,18-20H,5,10H2,1H3/b16-13+,18-15?. The Bertz CT molecular complexity index is 653. The summed E-state index contributed by atoms with van der Waals surface area (Å²) in [6.07, 6.45) is 2.49. The molecule has 1 aliphatic heterocycles. The van der Waals surface area contributed by atoms with Gasteiger partial charge in [-0.2, -0.15) is 0 Å². The molecular weight excluding hydrogens is 285 g/mol. The van der Waals surface area contributed by atoms with Gasteiger partial charge in [0.25, 0.3) is 0 Å². The lowest BCUT2D eigenvalue weighted by atomic mass is 10.2. The van der Waals surface area contributed by atoms with Gasteiger partial charge in [0.05, 0.1) is 5.56 Å². The average molecular weight is 301 g/mol. The molecule has 0 spiro atoms. The van der Waals surface area contributed by atoms with Crippen molar-refractivity contribution in [3.63, 3.8) is 0 Å². The molecule has 1 aliphatic rings. The van der Waals surface area contributed by atoms with Gasteiger partial charge in [-0.25, -0.2) is 4.39 Å². The molecule has 5 heteroatoms. The number of benzene rings is 1. The highest BCUT2D eigenvalue weighted by Crippen LogP contribution is 2.23. The average Bonchev–Trinajstić information content (AvgIpc) is 2.91. The normalized spacial score (nSPS) is 15.4. The molecule has 3 nitrogen and oxygen atoms in total. The fourth-order valence-corrected chi connectivity index (χ4v) is 2.43. The van der Waals surface area contributed by atoms with Crippen molar-refractivity contribution < 1.29 is 4.39 Å². The van der Waals surface area contributed by atoms with Crippen LogP contribution in [0.3, 0.4) is 0 Å². The molecule has 3 N–H and O–H groups in total. The Labute approximate surface area is 128 Å². The highest BCUT2D eigenvalue weighted by atomic mass is 32.2. The van der Waals surface area contributed by atoms with E-state index < -0.39 is 0 Å². The minimum atomic E-state index is -0.294. The maximum atomic E-state index is 13.4. The summed E-state index contributed by atoms with van der Waals surface area (Å²) in [6, 6.07) is 6.49. The van der Waals surface area contributed by atoms with E-state index in [0.717, 1.165) is 11.4 Å². The summed E-state index contributed by atoms with van der Waals surface area (Å²) in [5.41, 5.74) is 1.27. The van der Waals surface area contributed by atoms with Crippen molar-refractivity contribution >= 4 is 16.8 Å². The van der Waals surface area contributed by atoms with Crippen molar-refractivity contribution in [3.8, 4) is 11.8 Å². The van der Waals surface area contributed by atoms with E-state index in [1.807, 2.05) is 18.5 Å². The quantitative estimate of drug-likeness (QED) is 0.592. The van der Waals surface area contributed by atoms with Crippen LogP contribution in [0, 0.1) is 23.1 Å². The van der Waals surface area contributed by atoms with E-state index in [0.29, 0.717) is 23.6 Å². The summed E-state index contributed by atoms with van der Waals surface area (Å²) in [5.74, 6) is 6.29. The van der Waals surface area contributed by atoms with E-state index in [1.54, 1.807) is 18.2 Å². The van der Waals surface area contributed by atoms with Crippen LogP contribution < -0.4 is 10.6 Å². The van der Waals surface area contributed by atoms with Crippen LogP contribution in [0.4, 0.5) is 4.39 Å². The van der Waals surface area contributed by atoms with Crippen LogP contribution in [-0.2, 0) is 0 Å². The minimum absolute atomic E-state index is 0.294. The topological polar surface area (TPSA) is 47.9 Å². The zero-order valence-corrected chi connectivity index (χ0v) is 12.5. The number of allylic oxidation sites excluding steroid dienone is 1. The van der Waals surface area contributed by atoms with Crippen LogP contribution in [0.25, 0.3) is 0 Å². The molecule has 0 fully saturated rings. The van der Waals surface area contributed by atoms with Crippen molar-refractivity contribution in [3.05, 3.63) is 58.5 Å². The van der Waals surface area contributed by atoms with Gasteiger partial charge in [0.1, 0.15) is 16.7 Å². The highest BCUT2D eigenvalue weighted by Gasteiger charge is 2.12. The Balaban J connectivity index is 1.89. The maximum absolute atomic E-state index is 13.4. The molecule has 21 heavy (non-hydrogen) atoms. The zero-order chi connectivity index (χ0) is 15.1. The van der Waals surface area contributed by atoms with Crippen LogP contribution >= 0.6 is 11.8 Å². The number of rotatable bonds is 4. The van der Waals surface area contributed by atoms with Crippen LogP contribution in [0.15, 0.2) is 47.1 Å². The SMILES string of the molecule is CN/C(NCCC#Cc1ccccc1F)=C1/C=CSC1=N. The van der Waals surface area contributed by atoms with Gasteiger partial charge in [0, 0.05) is 25.6 Å². The molecule has 0 amide bonds. The van der Waals surface area contributed by atoms with Crippen LogP contribution in [0.1, 0.15) is 12.0 Å². The summed E-state index contributed by atoms with van der Waals surface area (Å²) in [7, 11) is 1.81. The molecule has 0 unspecified atom stereocenters. The lowest BCUT2D eigenvalue weighted by Gasteiger charge is -2.11. The number of hydrogen-bond donors (Lipinski definition) is 3. The van der Waals surface area contributed by atoms with E-state index >= 15 is 0 Å². The lowest BCUT2D eigenvalue weighted by Crippen LogP contribution is -2.26. The molecule has 108 valence electrons. The second-order valence-electron chi connectivity index (χ2n) is 4.25. The number of nitrogens with one attached hydrogen (secondary N) is 3. The van der Waals surface area contributed by atoms with E-state index in [9.17, 15) is 4.39 Å². The Kier molecular flexibility index (Phi) is 5.47. The Morgan fingerprint density at radius 1 is 1.38 bits per heavy atom. The number of hydrogen-bond acceptors (Lipinski definition) is 4. The highest BCUT2D eigenvalue weighted by molar-refractivity contribution is 8.17. The Morgan fingerprint density at radius 3 is 2.86 bits per heavy atom. The summed E-state index contributed by atoms with van der Waals surface area (Å²) in [5, 5.41) is 16.4. The van der Waals surface area contributed by atoms with Crippen LogP contribution in [0.5, 0.6) is 0 Å². The van der Waals surface area contributed by atoms with E-state index in [4.69, 9.17) is 5.41 Å². The zero-order valence-electron chi connectivity index (χ0n) is 11.7. The van der Waals surface area contributed by atoms with Gasteiger partial charge in [-0.1, -0.05) is 35.7 Å². The van der Waals surface area contributed by atoms with Crippen molar-refractivity contribution in [2.75, 3.05) is 13.6 Å². The van der Waals surface area contributed by atoms with Crippen molar-refractivity contribution in [1.82, 2.24) is 10.6 Å². The summed E-state index contributed by atoms with van der Waals surface area (Å²) in [4.78, 5) is 0. The molecule has 0 saturated carbocycles. The molecule has 0 aromatic heterocycles. The number of thioether (sulfide) groups is 1. The van der Waals surface area contributed by atoms with Gasteiger partial charge in [-0.15, -0.1) is 0 Å². The first kappa shape index (κ1) is 15.2. The maximum Gasteiger partial charge on any atom is 0.138 e. The molecule has 1 heterocycles.